The van der Waals surface area contributed by atoms with E-state index in [1.807, 2.05) is 20.9 Å². The first kappa shape index (κ1) is 14.6. The second-order valence-corrected chi connectivity index (χ2v) is 5.53. The first-order valence-electron chi connectivity index (χ1n) is 6.16. The second kappa shape index (κ2) is 5.66. The van der Waals surface area contributed by atoms with Gasteiger partial charge in [-0.2, -0.15) is 5.10 Å². The highest BCUT2D eigenvalue weighted by Crippen LogP contribution is 2.22. The van der Waals surface area contributed by atoms with Gasteiger partial charge in [0.15, 0.2) is 0 Å². The minimum absolute atomic E-state index is 0.0449. The molecule has 20 heavy (non-hydrogen) atoms. The van der Waals surface area contributed by atoms with Crippen molar-refractivity contribution >= 4 is 21.8 Å². The minimum Gasteiger partial charge on any atom is -0.507 e. The summed E-state index contributed by atoms with van der Waals surface area (Å²) in [6.07, 6.45) is 0. The molecule has 1 aromatic heterocycles. The number of carbonyl (C=O) groups is 1. The minimum atomic E-state index is -0.308. The largest absolute Gasteiger partial charge is 0.507 e. The molecule has 0 aliphatic rings. The van der Waals surface area contributed by atoms with Crippen molar-refractivity contribution in [1.82, 2.24) is 15.1 Å². The summed E-state index contributed by atoms with van der Waals surface area (Å²) in [7, 11) is 1.87. The topological polar surface area (TPSA) is 67.2 Å². The zero-order valence-electron chi connectivity index (χ0n) is 11.6. The van der Waals surface area contributed by atoms with Crippen molar-refractivity contribution in [2.24, 2.45) is 7.05 Å². The van der Waals surface area contributed by atoms with Gasteiger partial charge in [-0.05, 0) is 32.0 Å². The van der Waals surface area contributed by atoms with E-state index in [9.17, 15) is 9.90 Å². The Morgan fingerprint density at radius 3 is 2.70 bits per heavy atom. The van der Waals surface area contributed by atoms with Gasteiger partial charge < -0.3 is 10.4 Å². The lowest BCUT2D eigenvalue weighted by Crippen LogP contribution is -2.23. The van der Waals surface area contributed by atoms with Crippen molar-refractivity contribution in [2.45, 2.75) is 20.4 Å². The molecule has 2 aromatic rings. The number of benzene rings is 1. The van der Waals surface area contributed by atoms with Gasteiger partial charge in [-0.25, -0.2) is 0 Å². The van der Waals surface area contributed by atoms with Gasteiger partial charge in [0.25, 0.3) is 5.91 Å². The number of nitrogens with one attached hydrogen (secondary N) is 1. The highest BCUT2D eigenvalue weighted by molar-refractivity contribution is 9.10. The third-order valence-electron chi connectivity index (χ3n) is 3.29. The van der Waals surface area contributed by atoms with Gasteiger partial charge in [0.1, 0.15) is 5.75 Å². The van der Waals surface area contributed by atoms with Gasteiger partial charge in [-0.3, -0.25) is 9.48 Å². The van der Waals surface area contributed by atoms with Gasteiger partial charge in [0.2, 0.25) is 0 Å². The molecule has 0 saturated heterocycles. The lowest BCUT2D eigenvalue weighted by molar-refractivity contribution is 0.0948. The summed E-state index contributed by atoms with van der Waals surface area (Å²) in [5.74, 6) is -0.353. The van der Waals surface area contributed by atoms with E-state index < -0.39 is 0 Å². The smallest absolute Gasteiger partial charge is 0.255 e. The van der Waals surface area contributed by atoms with Crippen LogP contribution in [-0.4, -0.2) is 20.8 Å². The molecule has 2 N–H and O–H groups in total. The Morgan fingerprint density at radius 2 is 2.15 bits per heavy atom. The molecule has 0 aliphatic carbocycles. The first-order valence-corrected chi connectivity index (χ1v) is 6.95. The molecule has 2 rings (SSSR count). The van der Waals surface area contributed by atoms with Crippen molar-refractivity contribution in [3.63, 3.8) is 0 Å². The van der Waals surface area contributed by atoms with Crippen LogP contribution in [0.3, 0.4) is 0 Å². The van der Waals surface area contributed by atoms with Crippen LogP contribution >= 0.6 is 15.9 Å². The van der Waals surface area contributed by atoms with Crippen LogP contribution in [0.15, 0.2) is 22.7 Å². The SMILES string of the molecule is Cc1nn(C)c(C)c1CNC(=O)c1ccc(Br)cc1O. The maximum absolute atomic E-state index is 12.1. The predicted octanol–water partition coefficient (Wildman–Crippen LogP) is 2.44. The van der Waals surface area contributed by atoms with Crippen molar-refractivity contribution in [2.75, 3.05) is 0 Å². The van der Waals surface area contributed by atoms with E-state index in [1.165, 1.54) is 6.07 Å². The van der Waals surface area contributed by atoms with Crippen LogP contribution in [0.4, 0.5) is 0 Å². The number of hydrogen-bond acceptors (Lipinski definition) is 3. The fraction of sp³-hybridized carbons (Fsp3) is 0.286. The molecule has 0 unspecified atom stereocenters. The van der Waals surface area contributed by atoms with Gasteiger partial charge >= 0.3 is 0 Å². The number of aromatic nitrogens is 2. The number of halogens is 1. The Hall–Kier alpha value is -1.82. The summed E-state index contributed by atoms with van der Waals surface area (Å²) in [6.45, 7) is 4.25. The van der Waals surface area contributed by atoms with Crippen LogP contribution < -0.4 is 5.32 Å². The number of nitrogens with zero attached hydrogens (tertiary/aromatic N) is 2. The average Bonchev–Trinajstić information content (AvgIpc) is 2.61. The number of rotatable bonds is 3. The molecule has 1 heterocycles. The van der Waals surface area contributed by atoms with E-state index in [4.69, 9.17) is 0 Å². The number of aromatic hydroxyl groups is 1. The quantitative estimate of drug-likeness (QED) is 0.903. The molecule has 6 heteroatoms. The number of phenols is 1. The van der Waals surface area contributed by atoms with Crippen molar-refractivity contribution < 1.29 is 9.90 Å². The fourth-order valence-corrected chi connectivity index (χ4v) is 2.38. The molecule has 0 spiro atoms. The first-order chi connectivity index (χ1) is 9.40. The Kier molecular flexibility index (Phi) is 4.13. The summed E-state index contributed by atoms with van der Waals surface area (Å²) < 4.78 is 2.51. The van der Waals surface area contributed by atoms with E-state index in [0.29, 0.717) is 6.54 Å². The zero-order chi connectivity index (χ0) is 14.9. The Morgan fingerprint density at radius 1 is 1.45 bits per heavy atom. The third kappa shape index (κ3) is 2.85. The third-order valence-corrected chi connectivity index (χ3v) is 3.78. The molecule has 0 aliphatic heterocycles. The van der Waals surface area contributed by atoms with Crippen LogP contribution in [0.25, 0.3) is 0 Å². The summed E-state index contributed by atoms with van der Waals surface area (Å²) in [6, 6.07) is 4.79. The molecule has 0 bridgehead atoms. The fourth-order valence-electron chi connectivity index (χ4n) is 2.03. The monoisotopic (exact) mass is 337 g/mol. The zero-order valence-corrected chi connectivity index (χ0v) is 13.2. The Balaban J connectivity index is 2.12. The molecule has 1 amide bonds. The number of carbonyl (C=O) groups excluding carboxylic acids is 1. The lowest BCUT2D eigenvalue weighted by Gasteiger charge is -2.07. The van der Waals surface area contributed by atoms with Crippen molar-refractivity contribution in [1.29, 1.82) is 0 Å². The van der Waals surface area contributed by atoms with E-state index in [-0.39, 0.29) is 17.2 Å². The number of aryl methyl sites for hydroxylation is 2. The molecule has 1 aromatic carbocycles. The summed E-state index contributed by atoms with van der Waals surface area (Å²) in [4.78, 5) is 12.1. The van der Waals surface area contributed by atoms with E-state index in [0.717, 1.165) is 21.4 Å². The second-order valence-electron chi connectivity index (χ2n) is 4.62. The molecular formula is C14H16BrN3O2. The molecule has 0 saturated carbocycles. The van der Waals surface area contributed by atoms with E-state index in [1.54, 1.807) is 16.8 Å². The van der Waals surface area contributed by atoms with Crippen molar-refractivity contribution in [3.05, 3.63) is 45.2 Å². The van der Waals surface area contributed by atoms with Gasteiger partial charge in [0.05, 0.1) is 11.3 Å². The molecule has 0 atom stereocenters. The predicted molar refractivity (Wildman–Crippen MR) is 79.7 cm³/mol. The normalized spacial score (nSPS) is 10.6. The van der Waals surface area contributed by atoms with Crippen LogP contribution in [0.2, 0.25) is 0 Å². The highest BCUT2D eigenvalue weighted by Gasteiger charge is 2.14. The highest BCUT2D eigenvalue weighted by atomic mass is 79.9. The number of hydrogen-bond donors (Lipinski definition) is 2. The molecular weight excluding hydrogens is 322 g/mol. The average molecular weight is 338 g/mol. The standard InChI is InChI=1S/C14H16BrN3O2/c1-8-12(9(2)18(3)17-8)7-16-14(20)11-5-4-10(15)6-13(11)19/h4-6,19H,7H2,1-3H3,(H,16,20). The lowest BCUT2D eigenvalue weighted by atomic mass is 10.1. The molecule has 0 radical (unpaired) electrons. The summed E-state index contributed by atoms with van der Waals surface area (Å²) >= 11 is 3.24. The van der Waals surface area contributed by atoms with Crippen molar-refractivity contribution in [3.8, 4) is 5.75 Å². The van der Waals surface area contributed by atoms with Crippen LogP contribution in [0.5, 0.6) is 5.75 Å². The molecule has 0 fully saturated rings. The maximum atomic E-state index is 12.1. The molecule has 5 nitrogen and oxygen atoms in total. The Bertz CT molecular complexity index is 665. The Labute approximate surface area is 125 Å². The number of amides is 1. The number of phenolic OH excluding ortho intramolecular Hbond substituents is 1. The van der Waals surface area contributed by atoms with Gasteiger partial charge in [-0.1, -0.05) is 15.9 Å². The van der Waals surface area contributed by atoms with Crippen LogP contribution in [0, 0.1) is 13.8 Å². The van der Waals surface area contributed by atoms with Gasteiger partial charge in [0, 0.05) is 29.3 Å². The van der Waals surface area contributed by atoms with Gasteiger partial charge in [-0.15, -0.1) is 0 Å². The van der Waals surface area contributed by atoms with Crippen LogP contribution in [-0.2, 0) is 13.6 Å². The van der Waals surface area contributed by atoms with E-state index in [2.05, 4.69) is 26.3 Å². The summed E-state index contributed by atoms with van der Waals surface area (Å²) in [5, 5.41) is 16.9. The maximum Gasteiger partial charge on any atom is 0.255 e. The summed E-state index contributed by atoms with van der Waals surface area (Å²) in [5.41, 5.74) is 3.16. The molecule has 106 valence electrons. The van der Waals surface area contributed by atoms with E-state index >= 15 is 0 Å². The van der Waals surface area contributed by atoms with Crippen LogP contribution in [0.1, 0.15) is 27.3 Å².